The minimum absolute atomic E-state index is 0.149. The van der Waals surface area contributed by atoms with Crippen LogP contribution in [0, 0.1) is 5.82 Å². The Morgan fingerprint density at radius 2 is 2.00 bits per heavy atom. The average Bonchev–Trinajstić information content (AvgIpc) is 3.34. The molecule has 0 radical (unpaired) electrons. The Morgan fingerprint density at radius 3 is 2.73 bits per heavy atom. The molecule has 0 saturated carbocycles. The topological polar surface area (TPSA) is 90.5 Å². The summed E-state index contributed by atoms with van der Waals surface area (Å²) in [5.74, 6) is 0.200. The number of hydrogen-bond acceptors (Lipinski definition) is 5. The number of halogens is 1. The fraction of sp³-hybridized carbons (Fsp3) is 0.227. The predicted octanol–water partition coefficient (Wildman–Crippen LogP) is 2.83. The Balaban J connectivity index is 1.46. The van der Waals surface area contributed by atoms with Gasteiger partial charge in [0.05, 0.1) is 24.0 Å². The molecule has 2 N–H and O–H groups in total. The highest BCUT2D eigenvalue weighted by atomic mass is 19.1. The van der Waals surface area contributed by atoms with Crippen molar-refractivity contribution in [3.8, 4) is 11.4 Å². The van der Waals surface area contributed by atoms with E-state index in [1.54, 1.807) is 29.2 Å². The molecule has 1 amide bonds. The molecule has 30 heavy (non-hydrogen) atoms. The number of ketones is 1. The van der Waals surface area contributed by atoms with E-state index < -0.39 is 0 Å². The molecule has 8 heteroatoms. The number of anilines is 1. The minimum atomic E-state index is -0.369. The molecular weight excluding hydrogens is 387 g/mol. The summed E-state index contributed by atoms with van der Waals surface area (Å²) >= 11 is 0. The lowest BCUT2D eigenvalue weighted by Crippen LogP contribution is -2.29. The quantitative estimate of drug-likeness (QED) is 0.607. The summed E-state index contributed by atoms with van der Waals surface area (Å²) in [5.41, 5.74) is 7.35. The number of aromatic nitrogens is 2. The highest BCUT2D eigenvalue weighted by Gasteiger charge is 2.20. The lowest BCUT2D eigenvalue weighted by Gasteiger charge is -2.16. The van der Waals surface area contributed by atoms with E-state index in [9.17, 15) is 14.0 Å². The van der Waals surface area contributed by atoms with Gasteiger partial charge in [-0.1, -0.05) is 12.1 Å². The van der Waals surface area contributed by atoms with Gasteiger partial charge in [0.1, 0.15) is 24.0 Å². The van der Waals surface area contributed by atoms with Crippen LogP contribution in [0.25, 0.3) is 5.69 Å². The Morgan fingerprint density at radius 1 is 1.20 bits per heavy atom. The van der Waals surface area contributed by atoms with E-state index in [2.05, 4.69) is 5.10 Å². The Bertz CT molecular complexity index is 1080. The van der Waals surface area contributed by atoms with Crippen molar-refractivity contribution in [2.45, 2.75) is 12.8 Å². The zero-order valence-electron chi connectivity index (χ0n) is 16.3. The molecule has 1 aromatic heterocycles. The summed E-state index contributed by atoms with van der Waals surface area (Å²) < 4.78 is 20.3. The third-order valence-electron chi connectivity index (χ3n) is 5.02. The number of carbonyl (C=O) groups is 2. The second kappa shape index (κ2) is 8.36. The van der Waals surface area contributed by atoms with E-state index >= 15 is 0 Å². The van der Waals surface area contributed by atoms with Crippen molar-refractivity contribution in [1.82, 2.24) is 14.7 Å². The Labute approximate surface area is 172 Å². The standard InChI is InChI=1S/C22H21FN4O3/c23-16-6-8-17(9-7-16)27-22(24)19(14-25-27)21(29)15-3-1-4-18(13-15)30-12-11-26-10-2-5-20(26)28/h1,3-4,6-9,13-14H,2,5,10-12,24H2. The maximum atomic E-state index is 13.1. The van der Waals surface area contributed by atoms with Gasteiger partial charge in [-0.3, -0.25) is 9.59 Å². The van der Waals surface area contributed by atoms with Crippen LogP contribution in [0.5, 0.6) is 5.75 Å². The van der Waals surface area contributed by atoms with E-state index in [4.69, 9.17) is 10.5 Å². The minimum Gasteiger partial charge on any atom is -0.492 e. The lowest BCUT2D eigenvalue weighted by molar-refractivity contribution is -0.128. The summed E-state index contributed by atoms with van der Waals surface area (Å²) in [6, 6.07) is 12.5. The molecule has 7 nitrogen and oxygen atoms in total. The number of nitrogen functional groups attached to an aromatic ring is 1. The predicted molar refractivity (Wildman–Crippen MR) is 109 cm³/mol. The number of benzene rings is 2. The molecule has 2 heterocycles. The fourth-order valence-electron chi connectivity index (χ4n) is 3.42. The first kappa shape index (κ1) is 19.6. The van der Waals surface area contributed by atoms with Crippen molar-refractivity contribution in [2.24, 2.45) is 0 Å². The molecule has 3 aromatic rings. The number of nitrogens with zero attached hydrogens (tertiary/aromatic N) is 3. The summed E-state index contributed by atoms with van der Waals surface area (Å²) in [4.78, 5) is 26.4. The van der Waals surface area contributed by atoms with Crippen molar-refractivity contribution >= 4 is 17.5 Å². The molecule has 1 aliphatic rings. The van der Waals surface area contributed by atoms with Crippen LogP contribution in [-0.2, 0) is 4.79 Å². The number of amides is 1. The largest absolute Gasteiger partial charge is 0.492 e. The summed E-state index contributed by atoms with van der Waals surface area (Å²) in [5, 5.41) is 4.17. The monoisotopic (exact) mass is 408 g/mol. The van der Waals surface area contributed by atoms with Gasteiger partial charge in [0, 0.05) is 18.5 Å². The van der Waals surface area contributed by atoms with Gasteiger partial charge in [0.2, 0.25) is 5.91 Å². The number of hydrogen-bond donors (Lipinski definition) is 1. The van der Waals surface area contributed by atoms with Gasteiger partial charge in [0.25, 0.3) is 0 Å². The van der Waals surface area contributed by atoms with Crippen molar-refractivity contribution < 1.29 is 18.7 Å². The van der Waals surface area contributed by atoms with Gasteiger partial charge in [-0.05, 0) is 42.8 Å². The second-order valence-corrected chi connectivity index (χ2v) is 7.02. The number of carbonyl (C=O) groups excluding carboxylic acids is 2. The van der Waals surface area contributed by atoms with Crippen LogP contribution >= 0.6 is 0 Å². The van der Waals surface area contributed by atoms with Crippen LogP contribution in [0.15, 0.2) is 54.7 Å². The number of ether oxygens (including phenoxy) is 1. The molecule has 1 fully saturated rings. The first-order valence-electron chi connectivity index (χ1n) is 9.68. The first-order chi connectivity index (χ1) is 14.5. The van der Waals surface area contributed by atoms with E-state index in [1.807, 2.05) is 0 Å². The average molecular weight is 408 g/mol. The van der Waals surface area contributed by atoms with Gasteiger partial charge >= 0.3 is 0 Å². The number of rotatable bonds is 7. The molecule has 2 aromatic carbocycles. The van der Waals surface area contributed by atoms with Gasteiger partial charge in [-0.15, -0.1) is 0 Å². The third kappa shape index (κ3) is 4.03. The smallest absolute Gasteiger partial charge is 0.222 e. The maximum absolute atomic E-state index is 13.1. The van der Waals surface area contributed by atoms with Crippen molar-refractivity contribution in [3.63, 3.8) is 0 Å². The van der Waals surface area contributed by atoms with Crippen LogP contribution < -0.4 is 10.5 Å². The molecule has 1 aliphatic heterocycles. The van der Waals surface area contributed by atoms with Gasteiger partial charge < -0.3 is 15.4 Å². The molecule has 0 atom stereocenters. The van der Waals surface area contributed by atoms with Gasteiger partial charge in [0.15, 0.2) is 5.78 Å². The molecule has 0 unspecified atom stereocenters. The Hall–Kier alpha value is -3.68. The maximum Gasteiger partial charge on any atom is 0.222 e. The normalized spacial score (nSPS) is 13.6. The highest BCUT2D eigenvalue weighted by Crippen LogP contribution is 2.22. The Kier molecular flexibility index (Phi) is 5.47. The van der Waals surface area contributed by atoms with E-state index in [-0.39, 0.29) is 28.9 Å². The molecule has 0 aliphatic carbocycles. The zero-order chi connectivity index (χ0) is 21.1. The summed E-state index contributed by atoms with van der Waals surface area (Å²) in [6.07, 6.45) is 2.88. The van der Waals surface area contributed by atoms with Crippen LogP contribution in [0.4, 0.5) is 10.2 Å². The molecule has 0 spiro atoms. The molecule has 1 saturated heterocycles. The van der Waals surface area contributed by atoms with Gasteiger partial charge in [-0.25, -0.2) is 9.07 Å². The molecule has 0 bridgehead atoms. The van der Waals surface area contributed by atoms with E-state index in [0.29, 0.717) is 36.6 Å². The fourth-order valence-corrected chi connectivity index (χ4v) is 3.42. The lowest BCUT2D eigenvalue weighted by atomic mass is 10.1. The summed E-state index contributed by atoms with van der Waals surface area (Å²) in [7, 11) is 0. The van der Waals surface area contributed by atoms with Crippen LogP contribution in [0.3, 0.4) is 0 Å². The van der Waals surface area contributed by atoms with Crippen molar-refractivity contribution in [1.29, 1.82) is 0 Å². The summed E-state index contributed by atoms with van der Waals surface area (Å²) in [6.45, 7) is 1.64. The van der Waals surface area contributed by atoms with Crippen LogP contribution in [0.2, 0.25) is 0 Å². The van der Waals surface area contributed by atoms with Crippen LogP contribution in [0.1, 0.15) is 28.8 Å². The first-order valence-corrected chi connectivity index (χ1v) is 9.68. The van der Waals surface area contributed by atoms with Crippen molar-refractivity contribution in [3.05, 3.63) is 71.7 Å². The SMILES string of the molecule is Nc1c(C(=O)c2cccc(OCCN3CCCC3=O)c2)cnn1-c1ccc(F)cc1. The number of likely N-dealkylation sites (tertiary alicyclic amines) is 1. The second-order valence-electron chi connectivity index (χ2n) is 7.02. The zero-order valence-corrected chi connectivity index (χ0v) is 16.3. The van der Waals surface area contributed by atoms with Crippen LogP contribution in [-0.4, -0.2) is 46.1 Å². The third-order valence-corrected chi connectivity index (χ3v) is 5.02. The van der Waals surface area contributed by atoms with Gasteiger partial charge in [-0.2, -0.15) is 5.10 Å². The highest BCUT2D eigenvalue weighted by molar-refractivity contribution is 6.11. The van der Waals surface area contributed by atoms with E-state index in [0.717, 1.165) is 13.0 Å². The van der Waals surface area contributed by atoms with Crippen molar-refractivity contribution in [2.75, 3.05) is 25.4 Å². The molecule has 154 valence electrons. The molecular formula is C22H21FN4O3. The number of nitrogens with two attached hydrogens (primary N) is 1. The van der Waals surface area contributed by atoms with E-state index in [1.165, 1.54) is 35.1 Å². The molecule has 4 rings (SSSR count).